The third-order valence-corrected chi connectivity index (χ3v) is 6.26. The summed E-state index contributed by atoms with van der Waals surface area (Å²) in [6.45, 7) is 16.4. The van der Waals surface area contributed by atoms with Gasteiger partial charge in [0.1, 0.15) is 30.3 Å². The Morgan fingerprint density at radius 1 is 1.28 bits per heavy atom. The van der Waals surface area contributed by atoms with Crippen molar-refractivity contribution in [2.24, 2.45) is 5.92 Å². The molecule has 0 aliphatic carbocycles. The summed E-state index contributed by atoms with van der Waals surface area (Å²) in [6, 6.07) is -0.632. The molecule has 8 nitrogen and oxygen atoms in total. The number of carbonyl (C=O) groups is 2. The van der Waals surface area contributed by atoms with Crippen molar-refractivity contribution in [1.82, 2.24) is 10.6 Å². The number of aliphatic hydroxyl groups excluding tert-OH is 1. The second kappa shape index (κ2) is 18.4. The molecule has 0 aromatic rings. The van der Waals surface area contributed by atoms with Crippen LogP contribution in [0.1, 0.15) is 67.2 Å². The van der Waals surface area contributed by atoms with Gasteiger partial charge in [0.2, 0.25) is 0 Å². The fourth-order valence-corrected chi connectivity index (χ4v) is 4.09. The normalized spacial score (nSPS) is 21.0. The van der Waals surface area contributed by atoms with Gasteiger partial charge in [-0.1, -0.05) is 57.2 Å². The molecule has 0 aromatic carbocycles. The van der Waals surface area contributed by atoms with E-state index in [-0.39, 0.29) is 25.0 Å². The highest BCUT2D eigenvalue weighted by atomic mass is 16.5. The fourth-order valence-electron chi connectivity index (χ4n) is 4.09. The Morgan fingerprint density at radius 3 is 2.56 bits per heavy atom. The first-order chi connectivity index (χ1) is 18.5. The predicted molar refractivity (Wildman–Crippen MR) is 156 cm³/mol. The second-order valence-electron chi connectivity index (χ2n) is 9.99. The summed E-state index contributed by atoms with van der Waals surface area (Å²) in [7, 11) is 0. The van der Waals surface area contributed by atoms with Gasteiger partial charge in [-0.3, -0.25) is 9.59 Å². The van der Waals surface area contributed by atoms with Crippen molar-refractivity contribution in [2.45, 2.75) is 85.4 Å². The summed E-state index contributed by atoms with van der Waals surface area (Å²) >= 11 is 0. The van der Waals surface area contributed by atoms with Gasteiger partial charge >= 0.3 is 11.9 Å². The first-order valence-electron chi connectivity index (χ1n) is 13.8. The molecule has 1 rings (SSSR count). The number of hydrogen-bond acceptors (Lipinski definition) is 7. The van der Waals surface area contributed by atoms with E-state index in [9.17, 15) is 19.8 Å². The molecule has 0 amide bonds. The molecule has 1 aliphatic rings. The lowest BCUT2D eigenvalue weighted by Crippen LogP contribution is -2.41. The van der Waals surface area contributed by atoms with E-state index in [0.29, 0.717) is 43.0 Å². The Balaban J connectivity index is 3.20. The molecule has 1 aliphatic heterocycles. The number of nitrogens with one attached hydrogen (secondary N) is 2. The van der Waals surface area contributed by atoms with E-state index in [2.05, 4.69) is 24.1 Å². The fraction of sp³-hybridized carbons (Fsp3) is 0.548. The van der Waals surface area contributed by atoms with Crippen molar-refractivity contribution in [3.8, 4) is 0 Å². The predicted octanol–water partition coefficient (Wildman–Crippen LogP) is 4.95. The molecule has 8 heteroatoms. The van der Waals surface area contributed by atoms with E-state index in [0.717, 1.165) is 17.6 Å². The zero-order valence-electron chi connectivity index (χ0n) is 24.5. The molecule has 0 fully saturated rings. The van der Waals surface area contributed by atoms with E-state index in [4.69, 9.17) is 9.47 Å². The lowest BCUT2D eigenvalue weighted by Gasteiger charge is -2.22. The Morgan fingerprint density at radius 2 is 1.97 bits per heavy atom. The van der Waals surface area contributed by atoms with Crippen molar-refractivity contribution in [3.63, 3.8) is 0 Å². The maximum absolute atomic E-state index is 12.8. The van der Waals surface area contributed by atoms with E-state index in [1.54, 1.807) is 6.08 Å². The van der Waals surface area contributed by atoms with Crippen LogP contribution in [0.5, 0.6) is 0 Å². The lowest BCUT2D eigenvalue weighted by molar-refractivity contribution is -0.140. The van der Waals surface area contributed by atoms with E-state index in [1.165, 1.54) is 0 Å². The Bertz CT molecular complexity index is 974. The van der Waals surface area contributed by atoms with Crippen LogP contribution in [-0.4, -0.2) is 60.0 Å². The molecule has 3 unspecified atom stereocenters. The van der Waals surface area contributed by atoms with Crippen LogP contribution in [0.25, 0.3) is 0 Å². The minimum absolute atomic E-state index is 0.0362. The number of aliphatic carboxylic acids is 1. The van der Waals surface area contributed by atoms with Gasteiger partial charge in [0.15, 0.2) is 0 Å². The first kappa shape index (κ1) is 34.1. The van der Waals surface area contributed by atoms with E-state index >= 15 is 0 Å². The number of carboxylic acid groups (broad SMARTS) is 1. The minimum atomic E-state index is -0.909. The smallest absolute Gasteiger partial charge is 0.320 e. The number of hydrogen-bond donors (Lipinski definition) is 4. The Kier molecular flexibility index (Phi) is 16.1. The summed E-state index contributed by atoms with van der Waals surface area (Å²) in [6.07, 6.45) is 12.5. The molecule has 0 spiro atoms. The average Bonchev–Trinajstić information content (AvgIpc) is 2.87. The maximum Gasteiger partial charge on any atom is 0.320 e. The molecular formula is C31H48N2O6. The van der Waals surface area contributed by atoms with Crippen molar-refractivity contribution in [3.05, 3.63) is 71.3 Å². The third kappa shape index (κ3) is 12.6. The summed E-state index contributed by atoms with van der Waals surface area (Å²) in [5.41, 5.74) is 2.52. The number of carboxylic acids is 1. The number of allylic oxidation sites excluding steroid dienone is 7. The summed E-state index contributed by atoms with van der Waals surface area (Å²) in [5, 5.41) is 26.3. The molecule has 0 saturated carbocycles. The van der Waals surface area contributed by atoms with E-state index < -0.39 is 24.1 Å². The van der Waals surface area contributed by atoms with Gasteiger partial charge in [-0.15, -0.1) is 0 Å². The van der Waals surface area contributed by atoms with Crippen LogP contribution in [-0.2, 0) is 19.1 Å². The van der Waals surface area contributed by atoms with Gasteiger partial charge < -0.3 is 30.3 Å². The van der Waals surface area contributed by atoms with Crippen LogP contribution in [0.2, 0.25) is 0 Å². The molecule has 0 bridgehead atoms. The molecule has 4 N–H and O–H groups in total. The zero-order chi connectivity index (χ0) is 29.4. The molecule has 39 heavy (non-hydrogen) atoms. The number of carbonyl (C=O) groups excluding carboxylic acids is 1. The molecule has 0 aromatic heterocycles. The van der Waals surface area contributed by atoms with Crippen LogP contribution in [0.15, 0.2) is 71.3 Å². The SMILES string of the molecule is C=C1C=C(C=CC)C(CC)NCC(O)COC(C=CC)=C(C)C(OC(=O)CCCNC(C(=O)O)C(C)C)=CC1. The van der Waals surface area contributed by atoms with Crippen molar-refractivity contribution < 1.29 is 29.3 Å². The van der Waals surface area contributed by atoms with Crippen LogP contribution >= 0.6 is 0 Å². The minimum Gasteiger partial charge on any atom is -0.490 e. The highest BCUT2D eigenvalue weighted by molar-refractivity contribution is 5.74. The molecule has 3 atom stereocenters. The highest BCUT2D eigenvalue weighted by Crippen LogP contribution is 2.23. The Hall–Kier alpha value is -2.94. The average molecular weight is 545 g/mol. The zero-order valence-corrected chi connectivity index (χ0v) is 24.5. The first-order valence-corrected chi connectivity index (χ1v) is 13.8. The van der Waals surface area contributed by atoms with Crippen LogP contribution < -0.4 is 10.6 Å². The van der Waals surface area contributed by atoms with Crippen molar-refractivity contribution >= 4 is 11.9 Å². The van der Waals surface area contributed by atoms with Gasteiger partial charge in [-0.05, 0) is 70.2 Å². The second-order valence-corrected chi connectivity index (χ2v) is 9.99. The molecule has 0 radical (unpaired) electrons. The van der Waals surface area contributed by atoms with Gasteiger partial charge in [0, 0.05) is 24.6 Å². The molecule has 1 heterocycles. The number of rotatable bonds is 11. The van der Waals surface area contributed by atoms with Crippen molar-refractivity contribution in [2.75, 3.05) is 19.7 Å². The van der Waals surface area contributed by atoms with Crippen molar-refractivity contribution in [1.29, 1.82) is 0 Å². The monoisotopic (exact) mass is 544 g/mol. The molecule has 218 valence electrons. The van der Waals surface area contributed by atoms with Gasteiger partial charge in [-0.2, -0.15) is 0 Å². The number of β-amino-alcohol motifs (C(OH)–C–C–N with tert-alkyl or cyclic N) is 1. The summed E-state index contributed by atoms with van der Waals surface area (Å²) in [5.74, 6) is -0.540. The van der Waals surface area contributed by atoms with E-state index in [1.807, 2.05) is 65.0 Å². The summed E-state index contributed by atoms with van der Waals surface area (Å²) in [4.78, 5) is 24.2. The molecule has 0 saturated heterocycles. The van der Waals surface area contributed by atoms with Gasteiger partial charge in [0.25, 0.3) is 0 Å². The summed E-state index contributed by atoms with van der Waals surface area (Å²) < 4.78 is 11.7. The highest BCUT2D eigenvalue weighted by Gasteiger charge is 2.21. The number of esters is 1. The van der Waals surface area contributed by atoms with Crippen LogP contribution in [0, 0.1) is 5.92 Å². The number of aliphatic hydroxyl groups is 1. The quantitative estimate of drug-likeness (QED) is 0.213. The van der Waals surface area contributed by atoms with Crippen LogP contribution in [0.3, 0.4) is 0 Å². The third-order valence-electron chi connectivity index (χ3n) is 6.26. The largest absolute Gasteiger partial charge is 0.490 e. The topological polar surface area (TPSA) is 117 Å². The molecular weight excluding hydrogens is 496 g/mol. The standard InChI is InChI=1S/C31H48N2O6/c1-8-12-24-18-22(6)15-16-28(39-29(35)14-11-17-32-30(21(4)5)31(36)37)23(7)27(13-9-2)38-20-25(34)19-33-26(24)10-3/h8-9,12-13,16,18,21,25-26,30,32-34H,6,10-11,14-15,17,19-20H2,1-5,7H3,(H,36,37). The van der Waals surface area contributed by atoms with Gasteiger partial charge in [-0.25, -0.2) is 0 Å². The number of ether oxygens (including phenoxy) is 2. The maximum atomic E-state index is 12.8. The van der Waals surface area contributed by atoms with Gasteiger partial charge in [0.05, 0.1) is 0 Å². The van der Waals surface area contributed by atoms with Crippen LogP contribution in [0.4, 0.5) is 0 Å². The lowest BCUT2D eigenvalue weighted by atomic mass is 9.99. The Labute approximate surface area is 234 Å².